The number of aryl methyl sites for hydroxylation is 1. The van der Waals surface area contributed by atoms with Gasteiger partial charge in [-0.05, 0) is 118 Å². The summed E-state index contributed by atoms with van der Waals surface area (Å²) < 4.78 is 4.55. The maximum atomic E-state index is 12.8. The van der Waals surface area contributed by atoms with E-state index in [0.29, 0.717) is 13.0 Å². The van der Waals surface area contributed by atoms with Crippen molar-refractivity contribution in [2.75, 3.05) is 11.9 Å². The first kappa shape index (κ1) is 28.1. The molecule has 1 aromatic carbocycles. The van der Waals surface area contributed by atoms with Crippen LogP contribution < -0.4 is 16.0 Å². The molecule has 0 saturated heterocycles. The maximum Gasteiger partial charge on any atom is 0.320 e. The molecule has 38 heavy (non-hydrogen) atoms. The number of aromatic hydroxyl groups is 1. The molecule has 0 fully saturated rings. The number of nitrogens with one attached hydrogen (secondary N) is 3. The molecule has 0 atom stereocenters. The lowest BCUT2D eigenvalue weighted by molar-refractivity contribution is -0.138. The number of rotatable bonds is 5. The first-order valence-electron chi connectivity index (χ1n) is 13.1. The molecule has 1 aliphatic carbocycles. The molecular weight excluding hydrogens is 518 g/mol. The van der Waals surface area contributed by atoms with Crippen molar-refractivity contribution in [3.8, 4) is 16.2 Å². The Bertz CT molecular complexity index is 1270. The van der Waals surface area contributed by atoms with Crippen LogP contribution in [0.4, 0.5) is 9.80 Å². The molecule has 0 bridgehead atoms. The number of anilines is 1. The van der Waals surface area contributed by atoms with Crippen molar-refractivity contribution in [2.24, 2.45) is 0 Å². The third-order valence-electron chi connectivity index (χ3n) is 6.66. The Labute approximate surface area is 232 Å². The normalized spacial score (nSPS) is 14.4. The zero-order valence-electron chi connectivity index (χ0n) is 22.5. The van der Waals surface area contributed by atoms with Gasteiger partial charge in [-0.1, -0.05) is 0 Å². The zero-order valence-corrected chi connectivity index (χ0v) is 24.2. The van der Waals surface area contributed by atoms with E-state index in [2.05, 4.69) is 27.6 Å². The van der Waals surface area contributed by atoms with Gasteiger partial charge in [0.15, 0.2) is 0 Å². The highest BCUT2D eigenvalue weighted by molar-refractivity contribution is 7.16. The quantitative estimate of drug-likeness (QED) is 0.277. The molecule has 3 heterocycles. The van der Waals surface area contributed by atoms with Crippen molar-refractivity contribution in [2.45, 2.75) is 78.5 Å². The molecule has 0 saturated carbocycles. The van der Waals surface area contributed by atoms with Crippen molar-refractivity contribution < 1.29 is 19.4 Å². The summed E-state index contributed by atoms with van der Waals surface area (Å²) in [5.74, 6) is 0.264. The molecule has 5 rings (SSSR count). The topological polar surface area (TPSA) is 99.7 Å². The predicted molar refractivity (Wildman–Crippen MR) is 155 cm³/mol. The van der Waals surface area contributed by atoms with Gasteiger partial charge in [0.1, 0.15) is 11.4 Å². The van der Waals surface area contributed by atoms with Gasteiger partial charge >= 0.3 is 6.03 Å². The van der Waals surface area contributed by atoms with Gasteiger partial charge in [0.05, 0.1) is 5.00 Å². The third-order valence-corrected chi connectivity index (χ3v) is 9.29. The molecule has 1 aliphatic heterocycles. The molecule has 7 nitrogen and oxygen atoms in total. The second-order valence-electron chi connectivity index (χ2n) is 10.6. The van der Waals surface area contributed by atoms with E-state index < -0.39 is 0 Å². The van der Waals surface area contributed by atoms with Crippen LogP contribution in [0.1, 0.15) is 65.6 Å². The highest BCUT2D eigenvalue weighted by Crippen LogP contribution is 2.39. The summed E-state index contributed by atoms with van der Waals surface area (Å²) >= 11 is 3.52. The molecular formula is C29H37N3O4S2. The van der Waals surface area contributed by atoms with Crippen molar-refractivity contribution in [3.63, 3.8) is 0 Å². The summed E-state index contributed by atoms with van der Waals surface area (Å²) in [6, 6.07) is 7.19. The van der Waals surface area contributed by atoms with E-state index in [0.717, 1.165) is 42.9 Å². The van der Waals surface area contributed by atoms with Crippen molar-refractivity contribution >= 4 is 40.2 Å². The Hall–Kier alpha value is -2.88. The predicted octanol–water partition coefficient (Wildman–Crippen LogP) is 6.29. The fourth-order valence-electron chi connectivity index (χ4n) is 4.74. The van der Waals surface area contributed by atoms with Crippen LogP contribution in [0.3, 0.4) is 0 Å². The molecule has 9 heteroatoms. The maximum absolute atomic E-state index is 12.8. The Morgan fingerprint density at radius 1 is 1.08 bits per heavy atom. The highest BCUT2D eigenvalue weighted by atomic mass is 32.1. The van der Waals surface area contributed by atoms with Crippen LogP contribution in [-0.4, -0.2) is 29.8 Å². The fourth-order valence-corrected chi connectivity index (χ4v) is 7.37. The Balaban J connectivity index is 0.000000426. The van der Waals surface area contributed by atoms with Crippen molar-refractivity contribution in [1.82, 2.24) is 10.6 Å². The van der Waals surface area contributed by atoms with E-state index in [4.69, 9.17) is 0 Å². The summed E-state index contributed by atoms with van der Waals surface area (Å²) in [6.07, 6.45) is 5.73. The smallest absolute Gasteiger partial charge is 0.320 e. The van der Waals surface area contributed by atoms with Crippen LogP contribution in [-0.2, 0) is 41.9 Å². The fraction of sp³-hybridized carbons (Fsp3) is 0.448. The number of phenolic OH excluding ortho intramolecular Hbond substituents is 1. The van der Waals surface area contributed by atoms with E-state index in [-0.39, 0.29) is 17.4 Å². The van der Waals surface area contributed by atoms with Crippen molar-refractivity contribution in [3.05, 3.63) is 56.3 Å². The SMILES string of the molecule is CC(C)(C)OC=O.Cc1c(NC(=O)NCc2c(-c3ccc(O)cc3)sc3c2CCNC3)sc2c1CCCC2. The second kappa shape index (κ2) is 12.3. The van der Waals surface area contributed by atoms with Gasteiger partial charge in [-0.2, -0.15) is 0 Å². The lowest BCUT2D eigenvalue weighted by atomic mass is 9.96. The summed E-state index contributed by atoms with van der Waals surface area (Å²) in [5, 5.41) is 20.3. The van der Waals surface area contributed by atoms with E-state index in [9.17, 15) is 14.7 Å². The molecule has 204 valence electrons. The number of hydrogen-bond donors (Lipinski definition) is 4. The first-order chi connectivity index (χ1) is 18.2. The number of benzene rings is 1. The van der Waals surface area contributed by atoms with Gasteiger partial charge in [0.2, 0.25) is 0 Å². The molecule has 0 spiro atoms. The van der Waals surface area contributed by atoms with Gasteiger partial charge in [0, 0.05) is 27.7 Å². The number of ether oxygens (including phenoxy) is 1. The first-order valence-corrected chi connectivity index (χ1v) is 14.7. The van der Waals surface area contributed by atoms with E-state index in [1.165, 1.54) is 49.7 Å². The third kappa shape index (κ3) is 6.95. The summed E-state index contributed by atoms with van der Waals surface area (Å²) in [6.45, 7) is 10.4. The summed E-state index contributed by atoms with van der Waals surface area (Å²) in [4.78, 5) is 26.3. The van der Waals surface area contributed by atoms with Crippen LogP contribution in [0.5, 0.6) is 5.75 Å². The van der Waals surface area contributed by atoms with E-state index in [1.54, 1.807) is 34.8 Å². The standard InChI is InChI=1S/C24H27N3O2S2.C5H10O2/c1-14-17-4-2-3-5-20(17)31-23(14)27-24(29)26-12-19-18-10-11-25-13-21(18)30-22(19)15-6-8-16(28)9-7-15;1-5(2,3)7-4-6/h6-9,25,28H,2-5,10-13H2,1H3,(H2,26,27,29);4H,1-3H3. The lowest BCUT2D eigenvalue weighted by Crippen LogP contribution is -2.29. The molecule has 0 radical (unpaired) electrons. The molecule has 2 amide bonds. The van der Waals surface area contributed by atoms with Crippen LogP contribution in [0, 0.1) is 6.92 Å². The second-order valence-corrected chi connectivity index (χ2v) is 12.8. The number of phenols is 1. The van der Waals surface area contributed by atoms with Crippen LogP contribution in [0.25, 0.3) is 10.4 Å². The number of amides is 2. The number of fused-ring (bicyclic) bond motifs is 2. The average molecular weight is 556 g/mol. The molecule has 0 unspecified atom stereocenters. The minimum absolute atomic E-state index is 0.146. The lowest BCUT2D eigenvalue weighted by Gasteiger charge is -2.15. The van der Waals surface area contributed by atoms with E-state index >= 15 is 0 Å². The number of carbonyl (C=O) groups excluding carboxylic acids is 2. The minimum Gasteiger partial charge on any atom is -0.508 e. The Kier molecular flexibility index (Phi) is 9.12. The molecule has 3 aromatic rings. The zero-order chi connectivity index (χ0) is 27.3. The van der Waals surface area contributed by atoms with Gasteiger partial charge in [0.25, 0.3) is 6.47 Å². The van der Waals surface area contributed by atoms with Gasteiger partial charge in [-0.15, -0.1) is 22.7 Å². The molecule has 2 aromatic heterocycles. The molecule has 2 aliphatic rings. The molecule has 4 N–H and O–H groups in total. The summed E-state index contributed by atoms with van der Waals surface area (Å²) in [7, 11) is 0. The van der Waals surface area contributed by atoms with Crippen LogP contribution >= 0.6 is 22.7 Å². The Morgan fingerprint density at radius 3 is 2.47 bits per heavy atom. The van der Waals surface area contributed by atoms with Crippen LogP contribution in [0.2, 0.25) is 0 Å². The monoisotopic (exact) mass is 555 g/mol. The van der Waals surface area contributed by atoms with Gasteiger partial charge < -0.3 is 20.5 Å². The Morgan fingerprint density at radius 2 is 1.82 bits per heavy atom. The van der Waals surface area contributed by atoms with Crippen LogP contribution in [0.15, 0.2) is 24.3 Å². The average Bonchev–Trinajstić information content (AvgIpc) is 3.40. The minimum atomic E-state index is -0.318. The van der Waals surface area contributed by atoms with Gasteiger partial charge in [-0.25, -0.2) is 4.79 Å². The highest BCUT2D eigenvalue weighted by Gasteiger charge is 2.23. The summed E-state index contributed by atoms with van der Waals surface area (Å²) in [5.41, 5.74) is 6.00. The number of urea groups is 1. The number of carbonyl (C=O) groups is 2. The largest absolute Gasteiger partial charge is 0.508 e. The number of hydrogen-bond acceptors (Lipinski definition) is 7. The van der Waals surface area contributed by atoms with E-state index in [1.807, 2.05) is 32.9 Å². The van der Waals surface area contributed by atoms with Gasteiger partial charge in [-0.3, -0.25) is 10.1 Å². The van der Waals surface area contributed by atoms with Crippen molar-refractivity contribution in [1.29, 1.82) is 0 Å². The number of thiophene rings is 2.